The molecular formula is C15H20FNO4. The Bertz CT molecular complexity index is 465. The van der Waals surface area contributed by atoms with E-state index < -0.39 is 0 Å². The lowest BCUT2D eigenvalue weighted by atomic mass is 10.2. The summed E-state index contributed by atoms with van der Waals surface area (Å²) < 4.78 is 23.6. The van der Waals surface area contributed by atoms with Gasteiger partial charge in [-0.2, -0.15) is 0 Å². The van der Waals surface area contributed by atoms with Gasteiger partial charge in [0, 0.05) is 13.1 Å². The molecule has 116 valence electrons. The Morgan fingerprint density at radius 2 is 2.14 bits per heavy atom. The molecule has 5 nitrogen and oxygen atoms in total. The van der Waals surface area contributed by atoms with E-state index in [1.165, 1.54) is 24.3 Å². The summed E-state index contributed by atoms with van der Waals surface area (Å²) in [6, 6.07) is 5.68. The van der Waals surface area contributed by atoms with Crippen molar-refractivity contribution in [1.29, 1.82) is 0 Å². The minimum atomic E-state index is -0.323. The zero-order chi connectivity index (χ0) is 15.2. The first-order chi connectivity index (χ1) is 10.1. The predicted molar refractivity (Wildman–Crippen MR) is 74.5 cm³/mol. The highest BCUT2D eigenvalue weighted by Crippen LogP contribution is 2.14. The topological polar surface area (TPSA) is 59.0 Å². The monoisotopic (exact) mass is 297 g/mol. The summed E-state index contributed by atoms with van der Waals surface area (Å²) in [4.78, 5) is 13.8. The van der Waals surface area contributed by atoms with Crippen molar-refractivity contribution in [2.45, 2.75) is 25.6 Å². The molecule has 1 aromatic rings. The Labute approximate surface area is 123 Å². The van der Waals surface area contributed by atoms with Crippen LogP contribution in [0.15, 0.2) is 24.3 Å². The molecule has 1 aliphatic heterocycles. The molecule has 1 aromatic carbocycles. The van der Waals surface area contributed by atoms with E-state index in [-0.39, 0.29) is 43.6 Å². The number of halogens is 1. The lowest BCUT2D eigenvalue weighted by molar-refractivity contribution is -0.147. The van der Waals surface area contributed by atoms with Crippen LogP contribution in [0.25, 0.3) is 0 Å². The minimum absolute atomic E-state index is 0.0364. The van der Waals surface area contributed by atoms with Gasteiger partial charge < -0.3 is 19.5 Å². The number of benzene rings is 1. The maximum Gasteiger partial charge on any atom is 0.226 e. The average Bonchev–Trinajstić information content (AvgIpc) is 2.48. The first-order valence-corrected chi connectivity index (χ1v) is 7.01. The van der Waals surface area contributed by atoms with Gasteiger partial charge in [-0.15, -0.1) is 0 Å². The highest BCUT2D eigenvalue weighted by Gasteiger charge is 2.27. The Kier molecular flexibility index (Phi) is 5.52. The van der Waals surface area contributed by atoms with Gasteiger partial charge in [-0.25, -0.2) is 4.39 Å². The highest BCUT2D eigenvalue weighted by molar-refractivity contribution is 5.76. The van der Waals surface area contributed by atoms with Crippen LogP contribution in [0.1, 0.15) is 13.3 Å². The predicted octanol–water partition coefficient (Wildman–Crippen LogP) is 1.20. The summed E-state index contributed by atoms with van der Waals surface area (Å²) in [5.41, 5.74) is 0. The normalized spacial score (nSPS) is 22.1. The fourth-order valence-electron chi connectivity index (χ4n) is 2.29. The number of hydrogen-bond donors (Lipinski definition) is 1. The second-order valence-corrected chi connectivity index (χ2v) is 5.10. The summed E-state index contributed by atoms with van der Waals surface area (Å²) in [7, 11) is 0. The van der Waals surface area contributed by atoms with Crippen molar-refractivity contribution in [2.24, 2.45) is 0 Å². The third-order valence-electron chi connectivity index (χ3n) is 3.28. The van der Waals surface area contributed by atoms with Crippen molar-refractivity contribution in [2.75, 3.05) is 26.3 Å². The van der Waals surface area contributed by atoms with Crippen LogP contribution in [0, 0.1) is 5.82 Å². The third kappa shape index (κ3) is 4.68. The van der Waals surface area contributed by atoms with Gasteiger partial charge in [0.15, 0.2) is 0 Å². The minimum Gasteiger partial charge on any atom is -0.493 e. The first kappa shape index (κ1) is 15.7. The van der Waals surface area contributed by atoms with Crippen LogP contribution in [0.4, 0.5) is 4.39 Å². The van der Waals surface area contributed by atoms with Gasteiger partial charge in [0.05, 0.1) is 31.8 Å². The standard InChI is InChI=1S/C15H20FNO4/c1-11-8-17(9-14(10-18)21-11)15(19)6-7-20-13-4-2-12(16)3-5-13/h2-5,11,14,18H,6-10H2,1H3. The molecule has 2 unspecified atom stereocenters. The van der Waals surface area contributed by atoms with Gasteiger partial charge in [-0.1, -0.05) is 0 Å². The molecule has 1 saturated heterocycles. The van der Waals surface area contributed by atoms with Crippen LogP contribution in [0.3, 0.4) is 0 Å². The largest absolute Gasteiger partial charge is 0.493 e. The number of carbonyl (C=O) groups is 1. The number of amides is 1. The molecule has 6 heteroatoms. The molecule has 21 heavy (non-hydrogen) atoms. The molecule has 1 aliphatic rings. The average molecular weight is 297 g/mol. The van der Waals surface area contributed by atoms with E-state index in [1.807, 2.05) is 6.92 Å². The fourth-order valence-corrected chi connectivity index (χ4v) is 2.29. The van der Waals surface area contributed by atoms with Gasteiger partial charge in [0.2, 0.25) is 5.91 Å². The Morgan fingerprint density at radius 3 is 2.81 bits per heavy atom. The van der Waals surface area contributed by atoms with E-state index in [0.29, 0.717) is 18.8 Å². The molecular weight excluding hydrogens is 277 g/mol. The lowest BCUT2D eigenvalue weighted by Gasteiger charge is -2.36. The molecule has 0 radical (unpaired) electrons. The number of morpholine rings is 1. The van der Waals surface area contributed by atoms with Gasteiger partial charge in [0.1, 0.15) is 11.6 Å². The van der Waals surface area contributed by atoms with E-state index >= 15 is 0 Å². The van der Waals surface area contributed by atoms with Crippen LogP contribution >= 0.6 is 0 Å². The highest BCUT2D eigenvalue weighted by atomic mass is 19.1. The van der Waals surface area contributed by atoms with Crippen molar-refractivity contribution in [3.63, 3.8) is 0 Å². The van der Waals surface area contributed by atoms with Gasteiger partial charge in [-0.3, -0.25) is 4.79 Å². The van der Waals surface area contributed by atoms with Gasteiger partial charge >= 0.3 is 0 Å². The molecule has 0 bridgehead atoms. The second kappa shape index (κ2) is 7.38. The molecule has 1 N–H and O–H groups in total. The molecule has 1 heterocycles. The number of ether oxygens (including phenoxy) is 2. The van der Waals surface area contributed by atoms with Crippen molar-refractivity contribution >= 4 is 5.91 Å². The van der Waals surface area contributed by atoms with Crippen molar-refractivity contribution in [3.8, 4) is 5.75 Å². The van der Waals surface area contributed by atoms with Crippen LogP contribution < -0.4 is 4.74 Å². The molecule has 2 atom stereocenters. The van der Waals surface area contributed by atoms with Crippen molar-refractivity contribution in [1.82, 2.24) is 4.90 Å². The molecule has 0 aromatic heterocycles. The lowest BCUT2D eigenvalue weighted by Crippen LogP contribution is -2.50. The van der Waals surface area contributed by atoms with E-state index in [9.17, 15) is 9.18 Å². The Morgan fingerprint density at radius 1 is 1.43 bits per heavy atom. The third-order valence-corrected chi connectivity index (χ3v) is 3.28. The number of rotatable bonds is 5. The molecule has 2 rings (SSSR count). The van der Waals surface area contributed by atoms with Crippen LogP contribution in [-0.4, -0.2) is 54.4 Å². The van der Waals surface area contributed by atoms with E-state index in [4.69, 9.17) is 14.6 Å². The Balaban J connectivity index is 1.77. The fraction of sp³-hybridized carbons (Fsp3) is 0.533. The van der Waals surface area contributed by atoms with Gasteiger partial charge in [0.25, 0.3) is 0 Å². The van der Waals surface area contributed by atoms with E-state index in [0.717, 1.165) is 0 Å². The van der Waals surface area contributed by atoms with E-state index in [2.05, 4.69) is 0 Å². The SMILES string of the molecule is CC1CN(C(=O)CCOc2ccc(F)cc2)CC(CO)O1. The zero-order valence-electron chi connectivity index (χ0n) is 12.0. The van der Waals surface area contributed by atoms with Crippen LogP contribution in [0.2, 0.25) is 0 Å². The smallest absolute Gasteiger partial charge is 0.226 e. The number of hydrogen-bond acceptors (Lipinski definition) is 4. The van der Waals surface area contributed by atoms with E-state index in [1.54, 1.807) is 4.90 Å². The molecule has 0 spiro atoms. The second-order valence-electron chi connectivity index (χ2n) is 5.10. The van der Waals surface area contributed by atoms with Crippen LogP contribution in [0.5, 0.6) is 5.75 Å². The summed E-state index contributed by atoms with van der Waals surface area (Å²) in [5, 5.41) is 9.14. The van der Waals surface area contributed by atoms with Crippen LogP contribution in [-0.2, 0) is 9.53 Å². The summed E-state index contributed by atoms with van der Waals surface area (Å²) in [6.45, 7) is 2.93. The van der Waals surface area contributed by atoms with Crippen molar-refractivity contribution in [3.05, 3.63) is 30.1 Å². The molecule has 1 amide bonds. The summed E-state index contributed by atoms with van der Waals surface area (Å²) in [6.07, 6.45) is -0.170. The molecule has 0 saturated carbocycles. The number of nitrogens with zero attached hydrogens (tertiary/aromatic N) is 1. The number of aliphatic hydroxyl groups excluding tert-OH is 1. The summed E-state index contributed by atoms with van der Waals surface area (Å²) >= 11 is 0. The maximum atomic E-state index is 12.7. The Hall–Kier alpha value is -1.66. The van der Waals surface area contributed by atoms with Gasteiger partial charge in [-0.05, 0) is 31.2 Å². The first-order valence-electron chi connectivity index (χ1n) is 7.01. The summed E-state index contributed by atoms with van der Waals surface area (Å²) in [5.74, 6) is 0.175. The number of aliphatic hydroxyl groups is 1. The van der Waals surface area contributed by atoms with Crippen molar-refractivity contribution < 1.29 is 23.8 Å². The zero-order valence-corrected chi connectivity index (χ0v) is 12.0. The molecule has 0 aliphatic carbocycles. The quantitative estimate of drug-likeness (QED) is 0.887. The number of carbonyl (C=O) groups excluding carboxylic acids is 1. The molecule has 1 fully saturated rings. The maximum absolute atomic E-state index is 12.7.